The molecule has 0 radical (unpaired) electrons. The molecule has 0 atom stereocenters. The Labute approximate surface area is 325 Å². The van der Waals surface area contributed by atoms with Gasteiger partial charge in [-0.3, -0.25) is 0 Å². The molecule has 11 rings (SSSR count). The molecule has 0 fully saturated rings. The van der Waals surface area contributed by atoms with Gasteiger partial charge in [0, 0.05) is 25.0 Å². The third-order valence-electron chi connectivity index (χ3n) is 11.9. The lowest BCUT2D eigenvalue weighted by atomic mass is 9.36. The molecule has 0 saturated heterocycles. The van der Waals surface area contributed by atoms with Gasteiger partial charge < -0.3 is 0 Å². The minimum atomic E-state index is -0.113. The van der Waals surface area contributed by atoms with Gasteiger partial charge in [0.1, 0.15) is 0 Å². The van der Waals surface area contributed by atoms with Crippen LogP contribution in [0.25, 0.3) is 54.6 Å². The number of hydrogen-bond acceptors (Lipinski definition) is 2. The summed E-state index contributed by atoms with van der Waals surface area (Å²) in [6.45, 7) is 4.90. The molecule has 54 heavy (non-hydrogen) atoms. The average Bonchev–Trinajstić information content (AvgIpc) is 3.22. The zero-order chi connectivity index (χ0) is 36.0. The van der Waals surface area contributed by atoms with Crippen molar-refractivity contribution in [3.05, 3.63) is 187 Å². The maximum atomic E-state index is 2.51. The van der Waals surface area contributed by atoms with Crippen molar-refractivity contribution < 1.29 is 0 Å². The smallest absolute Gasteiger partial charge is 0.0911 e. The molecule has 2 aliphatic rings. The van der Waals surface area contributed by atoms with Crippen molar-refractivity contribution in [1.29, 1.82) is 0 Å². The Morgan fingerprint density at radius 3 is 1.63 bits per heavy atom. The van der Waals surface area contributed by atoms with Crippen LogP contribution in [0.3, 0.4) is 0 Å². The van der Waals surface area contributed by atoms with Gasteiger partial charge in [-0.25, -0.2) is 0 Å². The number of hydrogen-bond donors (Lipinski definition) is 0. The van der Waals surface area contributed by atoms with Crippen molar-refractivity contribution in [3.63, 3.8) is 0 Å². The van der Waals surface area contributed by atoms with Crippen molar-refractivity contribution >= 4 is 78.9 Å². The van der Waals surface area contributed by atoms with E-state index in [2.05, 4.69) is 190 Å². The Bertz CT molecular complexity index is 2910. The highest BCUT2D eigenvalue weighted by Crippen LogP contribution is 2.47. The van der Waals surface area contributed by atoms with E-state index < -0.39 is 0 Å². The fraction of sp³-hybridized carbons (Fsp3) is 0.0588. The second-order valence-corrected chi connectivity index (χ2v) is 17.4. The highest BCUT2D eigenvalue weighted by molar-refractivity contribution is 8.01. The van der Waals surface area contributed by atoms with Gasteiger partial charge in [0.15, 0.2) is 0 Å². The minimum Gasteiger partial charge on any atom is -0.0911 e. The van der Waals surface area contributed by atoms with Crippen LogP contribution >= 0.6 is 23.5 Å². The van der Waals surface area contributed by atoms with Crippen LogP contribution in [0.2, 0.25) is 0 Å². The van der Waals surface area contributed by atoms with Crippen LogP contribution in [-0.2, 0) is 5.41 Å². The number of fused-ring (bicyclic) bond motifs is 7. The van der Waals surface area contributed by atoms with Crippen molar-refractivity contribution in [1.82, 2.24) is 0 Å². The van der Waals surface area contributed by atoms with Crippen LogP contribution in [0.4, 0.5) is 0 Å². The van der Waals surface area contributed by atoms with Gasteiger partial charge >= 0.3 is 0 Å². The summed E-state index contributed by atoms with van der Waals surface area (Å²) in [5.74, 6) is 0. The topological polar surface area (TPSA) is 0 Å². The summed E-state index contributed by atoms with van der Waals surface area (Å²) in [4.78, 5) is 5.43. The van der Waals surface area contributed by atoms with Crippen LogP contribution < -0.4 is 16.4 Å². The van der Waals surface area contributed by atoms with E-state index in [0.717, 1.165) is 0 Å². The first-order chi connectivity index (χ1) is 26.5. The molecule has 0 bridgehead atoms. The molecule has 0 spiro atoms. The van der Waals surface area contributed by atoms with E-state index in [9.17, 15) is 0 Å². The lowest BCUT2D eigenvalue weighted by molar-refractivity contribution is 0.641. The quantitative estimate of drug-likeness (QED) is 0.131. The molecular weight excluding hydrogens is 688 g/mol. The third kappa shape index (κ3) is 4.88. The highest BCUT2D eigenvalue weighted by Gasteiger charge is 2.39. The van der Waals surface area contributed by atoms with Crippen LogP contribution in [-0.4, -0.2) is 6.71 Å². The Kier molecular flexibility index (Phi) is 7.28. The summed E-state index contributed by atoms with van der Waals surface area (Å²) in [7, 11) is 0. The molecule has 9 aromatic rings. The van der Waals surface area contributed by atoms with Crippen molar-refractivity contribution in [3.8, 4) is 22.3 Å². The zero-order valence-corrected chi connectivity index (χ0v) is 31.8. The minimum absolute atomic E-state index is 0.113. The van der Waals surface area contributed by atoms with E-state index >= 15 is 0 Å². The molecule has 0 unspecified atom stereocenters. The summed E-state index contributed by atoms with van der Waals surface area (Å²) in [5.41, 5.74) is 12.0. The van der Waals surface area contributed by atoms with Crippen LogP contribution in [0.15, 0.2) is 196 Å². The van der Waals surface area contributed by atoms with E-state index in [4.69, 9.17) is 0 Å². The molecule has 0 nitrogen and oxygen atoms in total. The second-order valence-electron chi connectivity index (χ2n) is 15.2. The summed E-state index contributed by atoms with van der Waals surface area (Å²) in [6, 6.07) is 66.0. The first-order valence-electron chi connectivity index (χ1n) is 18.8. The maximum Gasteiger partial charge on any atom is 0.247 e. The molecule has 0 saturated carbocycles. The lowest BCUT2D eigenvalue weighted by Crippen LogP contribution is -2.58. The SMILES string of the molecule is CC(C)(c1ccccc1)c1ccc2c(c1)B1c3ccccc3Sc3cc(-c4c5ccccc5c(-c5ccc6ccccc6c5)c5ccccc45)cc(c31)S2. The van der Waals surface area contributed by atoms with E-state index in [-0.39, 0.29) is 12.1 Å². The molecule has 254 valence electrons. The van der Waals surface area contributed by atoms with Gasteiger partial charge in [0.2, 0.25) is 6.71 Å². The Morgan fingerprint density at radius 2 is 0.944 bits per heavy atom. The molecule has 0 aliphatic carbocycles. The maximum absolute atomic E-state index is 2.51. The number of rotatable bonds is 4. The second kappa shape index (κ2) is 12.3. The first-order valence-corrected chi connectivity index (χ1v) is 20.4. The third-order valence-corrected chi connectivity index (χ3v) is 14.2. The molecule has 0 amide bonds. The van der Waals surface area contributed by atoms with E-state index in [0.29, 0.717) is 0 Å². The Morgan fingerprint density at radius 1 is 0.389 bits per heavy atom. The first kappa shape index (κ1) is 32.0. The van der Waals surface area contributed by atoms with Crippen molar-refractivity contribution in [2.75, 3.05) is 0 Å². The van der Waals surface area contributed by atoms with Gasteiger partial charge in [-0.2, -0.15) is 0 Å². The molecule has 2 aliphatic heterocycles. The van der Waals surface area contributed by atoms with Crippen molar-refractivity contribution in [2.24, 2.45) is 0 Å². The normalized spacial score (nSPS) is 13.2. The Hall–Kier alpha value is -5.48. The monoisotopic (exact) mass is 722 g/mol. The molecule has 0 aromatic heterocycles. The van der Waals surface area contributed by atoms with Crippen LogP contribution in [0, 0.1) is 0 Å². The highest BCUT2D eigenvalue weighted by atomic mass is 32.2. The van der Waals surface area contributed by atoms with Gasteiger partial charge in [-0.15, -0.1) is 0 Å². The summed E-state index contributed by atoms with van der Waals surface area (Å²) in [5, 5.41) is 7.69. The Balaban J connectivity index is 1.13. The lowest BCUT2D eigenvalue weighted by Gasteiger charge is -2.35. The van der Waals surface area contributed by atoms with Gasteiger partial charge in [0.25, 0.3) is 0 Å². The van der Waals surface area contributed by atoms with Gasteiger partial charge in [-0.1, -0.05) is 194 Å². The fourth-order valence-corrected chi connectivity index (χ4v) is 11.6. The molecule has 9 aromatic carbocycles. The molecular formula is C51H35BS2. The zero-order valence-electron chi connectivity index (χ0n) is 30.1. The molecule has 3 heteroatoms. The largest absolute Gasteiger partial charge is 0.247 e. The van der Waals surface area contributed by atoms with Crippen molar-refractivity contribution in [2.45, 2.75) is 38.8 Å². The van der Waals surface area contributed by atoms with Gasteiger partial charge in [-0.05, 0) is 101 Å². The van der Waals surface area contributed by atoms with Crippen LogP contribution in [0.5, 0.6) is 0 Å². The summed E-state index contributed by atoms with van der Waals surface area (Å²) < 4.78 is 0. The van der Waals surface area contributed by atoms with E-state index in [1.807, 2.05) is 23.5 Å². The summed E-state index contributed by atoms with van der Waals surface area (Å²) in [6.07, 6.45) is 0. The average molecular weight is 723 g/mol. The molecule has 0 N–H and O–H groups in total. The van der Waals surface area contributed by atoms with Gasteiger partial charge in [0.05, 0.1) is 0 Å². The van der Waals surface area contributed by atoms with Crippen LogP contribution in [0.1, 0.15) is 25.0 Å². The van der Waals surface area contributed by atoms with E-state index in [1.54, 1.807) is 0 Å². The molecule has 2 heterocycles. The summed E-state index contributed by atoms with van der Waals surface area (Å²) >= 11 is 3.89. The predicted octanol–water partition coefficient (Wildman–Crippen LogP) is 12.3. The fourth-order valence-electron chi connectivity index (χ4n) is 9.10. The standard InChI is InChI=1S/C51H35BS2/c1-51(2,36-16-4-3-5-17-36)37-26-27-45-43(31-37)52-42-22-12-13-23-44(42)53-46-29-35(30-47(54-45)50(46)52)49-40-20-10-8-18-38(40)48(39-19-9-11-21-41(39)49)34-25-24-32-14-6-7-15-33(32)28-34/h3-31H,1-2H3. The number of benzene rings is 9. The predicted molar refractivity (Wildman–Crippen MR) is 234 cm³/mol. The van der Waals surface area contributed by atoms with E-state index in [1.165, 1.54) is 102 Å².